The number of aromatic nitrogens is 2. The van der Waals surface area contributed by atoms with E-state index in [1.54, 1.807) is 31.3 Å². The minimum Gasteiger partial charge on any atom is -0.483 e. The van der Waals surface area contributed by atoms with Crippen molar-refractivity contribution in [1.29, 1.82) is 0 Å². The van der Waals surface area contributed by atoms with Crippen molar-refractivity contribution in [1.82, 2.24) is 15.1 Å². The van der Waals surface area contributed by atoms with Gasteiger partial charge in [-0.15, -0.1) is 21.8 Å². The SMILES string of the molecule is CN1CC(O)N(c2nnc(C(CCCl)Oc3ccc(Cl)cc3)s2)C1=O. The van der Waals surface area contributed by atoms with Crippen LogP contribution in [-0.4, -0.2) is 51.9 Å². The molecule has 2 heterocycles. The Morgan fingerprint density at radius 3 is 2.72 bits per heavy atom. The van der Waals surface area contributed by atoms with Gasteiger partial charge in [0.05, 0.1) is 6.54 Å². The summed E-state index contributed by atoms with van der Waals surface area (Å²) in [6, 6.07) is 6.66. The summed E-state index contributed by atoms with van der Waals surface area (Å²) in [7, 11) is 1.62. The van der Waals surface area contributed by atoms with Crippen LogP contribution >= 0.6 is 34.5 Å². The Balaban J connectivity index is 1.80. The van der Waals surface area contributed by atoms with Crippen LogP contribution in [0, 0.1) is 0 Å². The second-order valence-corrected chi connectivity index (χ2v) is 7.28. The molecule has 1 saturated heterocycles. The zero-order valence-electron chi connectivity index (χ0n) is 13.3. The van der Waals surface area contributed by atoms with Crippen molar-refractivity contribution in [2.45, 2.75) is 18.8 Å². The Morgan fingerprint density at radius 2 is 2.12 bits per heavy atom. The quantitative estimate of drug-likeness (QED) is 0.750. The lowest BCUT2D eigenvalue weighted by molar-refractivity contribution is 0.183. The minimum absolute atomic E-state index is 0.222. The lowest BCUT2D eigenvalue weighted by Gasteiger charge is -2.16. The first kappa shape index (κ1) is 18.2. The molecule has 0 bridgehead atoms. The molecule has 1 aromatic carbocycles. The Bertz CT molecular complexity index is 743. The van der Waals surface area contributed by atoms with Gasteiger partial charge in [0.2, 0.25) is 5.13 Å². The van der Waals surface area contributed by atoms with Gasteiger partial charge in [-0.1, -0.05) is 22.9 Å². The number of halogens is 2. The third-order valence-corrected chi connectivity index (χ3v) is 5.13. The van der Waals surface area contributed by atoms with Gasteiger partial charge in [-0.2, -0.15) is 0 Å². The molecule has 134 valence electrons. The number of hydrogen-bond donors (Lipinski definition) is 1. The number of rotatable bonds is 6. The van der Waals surface area contributed by atoms with E-state index in [0.29, 0.717) is 33.2 Å². The van der Waals surface area contributed by atoms with Crippen LogP contribution in [0.1, 0.15) is 17.5 Å². The molecule has 2 atom stereocenters. The average Bonchev–Trinajstić information content (AvgIpc) is 3.14. The highest BCUT2D eigenvalue weighted by molar-refractivity contribution is 7.15. The lowest BCUT2D eigenvalue weighted by Crippen LogP contribution is -2.34. The zero-order chi connectivity index (χ0) is 18.0. The van der Waals surface area contributed by atoms with Crippen LogP contribution in [0.4, 0.5) is 9.93 Å². The number of amides is 2. The molecule has 1 aliphatic rings. The summed E-state index contributed by atoms with van der Waals surface area (Å²) in [6.07, 6.45) is -0.825. The van der Waals surface area contributed by atoms with E-state index in [1.165, 1.54) is 21.1 Å². The summed E-state index contributed by atoms with van der Waals surface area (Å²) < 4.78 is 5.94. The van der Waals surface area contributed by atoms with Gasteiger partial charge in [-0.25, -0.2) is 9.69 Å². The summed E-state index contributed by atoms with van der Waals surface area (Å²) in [5, 5.41) is 19.7. The van der Waals surface area contributed by atoms with E-state index in [1.807, 2.05) is 0 Å². The summed E-state index contributed by atoms with van der Waals surface area (Å²) in [5.74, 6) is 1.01. The van der Waals surface area contributed by atoms with E-state index in [0.717, 1.165) is 0 Å². The Labute approximate surface area is 158 Å². The number of benzene rings is 1. The van der Waals surface area contributed by atoms with Crippen LogP contribution < -0.4 is 9.64 Å². The largest absolute Gasteiger partial charge is 0.483 e. The highest BCUT2D eigenvalue weighted by Crippen LogP contribution is 2.33. The number of anilines is 1. The first-order chi connectivity index (χ1) is 12.0. The van der Waals surface area contributed by atoms with Crippen molar-refractivity contribution in [2.24, 2.45) is 0 Å². The second kappa shape index (κ2) is 7.74. The lowest BCUT2D eigenvalue weighted by atomic mass is 10.3. The van der Waals surface area contributed by atoms with E-state index in [4.69, 9.17) is 27.9 Å². The second-order valence-electron chi connectivity index (χ2n) is 5.47. The van der Waals surface area contributed by atoms with Gasteiger partial charge in [0.15, 0.2) is 17.3 Å². The van der Waals surface area contributed by atoms with Crippen molar-refractivity contribution in [2.75, 3.05) is 24.4 Å². The fraction of sp³-hybridized carbons (Fsp3) is 0.400. The topological polar surface area (TPSA) is 78.8 Å². The molecule has 1 aromatic heterocycles. The molecule has 1 aliphatic heterocycles. The number of nitrogens with zero attached hydrogens (tertiary/aromatic N) is 4. The number of alkyl halides is 1. The predicted molar refractivity (Wildman–Crippen MR) is 96.6 cm³/mol. The molecule has 1 fully saturated rings. The summed E-state index contributed by atoms with van der Waals surface area (Å²) in [4.78, 5) is 14.8. The molecule has 2 amide bonds. The molecule has 0 saturated carbocycles. The normalized spacial score (nSPS) is 18.7. The van der Waals surface area contributed by atoms with E-state index in [-0.39, 0.29) is 12.6 Å². The number of aliphatic hydroxyl groups is 1. The fourth-order valence-corrected chi connectivity index (χ4v) is 3.66. The third-order valence-electron chi connectivity index (χ3n) is 3.64. The van der Waals surface area contributed by atoms with Crippen molar-refractivity contribution in [3.05, 3.63) is 34.3 Å². The van der Waals surface area contributed by atoms with E-state index in [9.17, 15) is 9.90 Å². The van der Waals surface area contributed by atoms with Gasteiger partial charge in [0.25, 0.3) is 0 Å². The van der Waals surface area contributed by atoms with E-state index < -0.39 is 12.3 Å². The van der Waals surface area contributed by atoms with Gasteiger partial charge < -0.3 is 14.7 Å². The average molecular weight is 403 g/mol. The molecule has 0 spiro atoms. The van der Waals surface area contributed by atoms with Gasteiger partial charge in [-0.3, -0.25) is 0 Å². The number of carbonyl (C=O) groups is 1. The number of urea groups is 1. The monoisotopic (exact) mass is 402 g/mol. The maximum absolute atomic E-state index is 12.1. The Kier molecular flexibility index (Phi) is 5.63. The molecule has 3 rings (SSSR count). The predicted octanol–water partition coefficient (Wildman–Crippen LogP) is 3.13. The van der Waals surface area contributed by atoms with Crippen molar-refractivity contribution >= 4 is 45.7 Å². The van der Waals surface area contributed by atoms with Crippen molar-refractivity contribution in [3.63, 3.8) is 0 Å². The Morgan fingerprint density at radius 1 is 1.40 bits per heavy atom. The summed E-state index contributed by atoms with van der Waals surface area (Å²) in [6.45, 7) is 0.222. The van der Waals surface area contributed by atoms with E-state index >= 15 is 0 Å². The number of ether oxygens (including phenoxy) is 1. The standard InChI is InChI=1S/C15H16Cl2N4O3S/c1-20-8-12(22)21(15(20)23)14-19-18-13(25-14)11(6-7-16)24-10-4-2-9(17)3-5-10/h2-5,11-12,22H,6-8H2,1H3. The smallest absolute Gasteiger partial charge is 0.328 e. The van der Waals surface area contributed by atoms with Gasteiger partial charge >= 0.3 is 6.03 Å². The van der Waals surface area contributed by atoms with Gasteiger partial charge in [0, 0.05) is 24.4 Å². The minimum atomic E-state index is -0.943. The van der Waals surface area contributed by atoms with Crippen LogP contribution in [0.15, 0.2) is 24.3 Å². The number of likely N-dealkylation sites (N-methyl/N-ethyl adjacent to an activating group) is 1. The maximum Gasteiger partial charge on any atom is 0.328 e. The number of β-amino-alcohol motifs (C(OH)–C–C–N with tert-alkyl or cyclic N) is 1. The molecule has 1 N–H and O–H groups in total. The fourth-order valence-electron chi connectivity index (χ4n) is 2.39. The summed E-state index contributed by atoms with van der Waals surface area (Å²) >= 11 is 13.0. The molecular formula is C15H16Cl2N4O3S. The zero-order valence-corrected chi connectivity index (χ0v) is 15.6. The van der Waals surface area contributed by atoms with Crippen LogP contribution in [0.5, 0.6) is 5.75 Å². The third kappa shape index (κ3) is 3.98. The number of aliphatic hydroxyl groups excluding tert-OH is 1. The maximum atomic E-state index is 12.1. The van der Waals surface area contributed by atoms with Gasteiger partial charge in [-0.05, 0) is 24.3 Å². The van der Waals surface area contributed by atoms with Crippen LogP contribution in [-0.2, 0) is 0 Å². The van der Waals surface area contributed by atoms with Crippen LogP contribution in [0.25, 0.3) is 0 Å². The number of carbonyl (C=O) groups excluding carboxylic acids is 1. The highest BCUT2D eigenvalue weighted by atomic mass is 35.5. The Hall–Kier alpha value is -1.61. The molecule has 10 heteroatoms. The van der Waals surface area contributed by atoms with Crippen molar-refractivity contribution < 1.29 is 14.6 Å². The molecular weight excluding hydrogens is 387 g/mol. The molecule has 0 radical (unpaired) electrons. The molecule has 2 aromatic rings. The highest BCUT2D eigenvalue weighted by Gasteiger charge is 2.37. The molecule has 25 heavy (non-hydrogen) atoms. The molecule has 0 aliphatic carbocycles. The summed E-state index contributed by atoms with van der Waals surface area (Å²) in [5.41, 5.74) is 0. The first-order valence-electron chi connectivity index (χ1n) is 7.53. The van der Waals surface area contributed by atoms with Crippen molar-refractivity contribution in [3.8, 4) is 5.75 Å². The van der Waals surface area contributed by atoms with Crippen LogP contribution in [0.3, 0.4) is 0 Å². The molecule has 2 unspecified atom stereocenters. The van der Waals surface area contributed by atoms with Crippen LogP contribution in [0.2, 0.25) is 5.02 Å². The molecule has 7 nitrogen and oxygen atoms in total. The number of hydrogen-bond acceptors (Lipinski definition) is 6. The first-order valence-corrected chi connectivity index (χ1v) is 9.26. The van der Waals surface area contributed by atoms with E-state index in [2.05, 4.69) is 10.2 Å². The van der Waals surface area contributed by atoms with Gasteiger partial charge in [0.1, 0.15) is 5.75 Å².